The minimum Gasteiger partial charge on any atom is -0.356 e. The monoisotopic (exact) mass is 351 g/mol. The van der Waals surface area contributed by atoms with Crippen molar-refractivity contribution >= 4 is 27.3 Å². The van der Waals surface area contributed by atoms with Gasteiger partial charge in [-0.25, -0.2) is 8.42 Å². The van der Waals surface area contributed by atoms with Crippen LogP contribution in [0.15, 0.2) is 59.5 Å². The summed E-state index contributed by atoms with van der Waals surface area (Å²) >= 11 is 5.89. The van der Waals surface area contributed by atoms with Crippen LogP contribution in [0.2, 0.25) is 5.02 Å². The van der Waals surface area contributed by atoms with Gasteiger partial charge in [-0.05, 0) is 36.2 Å². The van der Waals surface area contributed by atoms with E-state index in [1.165, 1.54) is 12.1 Å². The van der Waals surface area contributed by atoms with Crippen molar-refractivity contribution in [2.75, 3.05) is 12.3 Å². The zero-order valence-corrected chi connectivity index (χ0v) is 14.1. The van der Waals surface area contributed by atoms with Gasteiger partial charge in [-0.1, -0.05) is 41.9 Å². The first-order valence-corrected chi connectivity index (χ1v) is 9.29. The van der Waals surface area contributed by atoms with Crippen molar-refractivity contribution in [1.29, 1.82) is 0 Å². The molecule has 1 amide bonds. The Morgan fingerprint density at radius 2 is 1.78 bits per heavy atom. The van der Waals surface area contributed by atoms with Crippen molar-refractivity contribution in [3.05, 3.63) is 65.2 Å². The van der Waals surface area contributed by atoms with Crippen LogP contribution in [0.1, 0.15) is 12.0 Å². The second-order valence-electron chi connectivity index (χ2n) is 5.11. The van der Waals surface area contributed by atoms with Gasteiger partial charge in [0.15, 0.2) is 9.84 Å². The molecular weight excluding hydrogens is 334 g/mol. The molecule has 23 heavy (non-hydrogen) atoms. The van der Waals surface area contributed by atoms with Crippen LogP contribution in [0.5, 0.6) is 0 Å². The molecule has 6 heteroatoms. The van der Waals surface area contributed by atoms with Gasteiger partial charge in [0.1, 0.15) is 0 Å². The number of amides is 1. The van der Waals surface area contributed by atoms with E-state index in [1.54, 1.807) is 24.3 Å². The molecular formula is C17H18ClNO3S. The second kappa shape index (κ2) is 8.13. The molecule has 0 saturated heterocycles. The number of rotatable bonds is 7. The van der Waals surface area contributed by atoms with Gasteiger partial charge in [0, 0.05) is 18.0 Å². The van der Waals surface area contributed by atoms with Gasteiger partial charge in [0.2, 0.25) is 5.91 Å². The molecule has 2 rings (SSSR count). The van der Waals surface area contributed by atoms with E-state index in [9.17, 15) is 13.2 Å². The molecule has 0 atom stereocenters. The Balaban J connectivity index is 1.77. The maximum atomic E-state index is 12.1. The van der Waals surface area contributed by atoms with Crippen molar-refractivity contribution < 1.29 is 13.2 Å². The first kappa shape index (κ1) is 17.5. The molecule has 0 bridgehead atoms. The van der Waals surface area contributed by atoms with Crippen LogP contribution in [-0.2, 0) is 21.1 Å². The molecule has 0 aromatic heterocycles. The summed E-state index contributed by atoms with van der Waals surface area (Å²) < 4.78 is 24.1. The molecule has 2 aromatic carbocycles. The Morgan fingerprint density at radius 1 is 1.04 bits per heavy atom. The van der Waals surface area contributed by atoms with Gasteiger partial charge in [-0.15, -0.1) is 0 Å². The van der Waals surface area contributed by atoms with Crippen LogP contribution in [0.25, 0.3) is 0 Å². The zero-order chi connectivity index (χ0) is 16.7. The topological polar surface area (TPSA) is 63.2 Å². The van der Waals surface area contributed by atoms with Crippen LogP contribution in [-0.4, -0.2) is 26.6 Å². The molecule has 0 unspecified atom stereocenters. The highest BCUT2D eigenvalue weighted by molar-refractivity contribution is 7.91. The number of hydrogen-bond acceptors (Lipinski definition) is 3. The number of hydrogen-bond donors (Lipinski definition) is 1. The summed E-state index contributed by atoms with van der Waals surface area (Å²) in [7, 11) is -3.42. The molecule has 1 N–H and O–H groups in total. The number of halogens is 1. The summed E-state index contributed by atoms with van der Waals surface area (Å²) in [5.74, 6) is -0.466. The van der Waals surface area contributed by atoms with Crippen molar-refractivity contribution in [3.8, 4) is 0 Å². The normalized spacial score (nSPS) is 11.2. The van der Waals surface area contributed by atoms with Crippen molar-refractivity contribution in [1.82, 2.24) is 5.32 Å². The van der Waals surface area contributed by atoms with E-state index in [2.05, 4.69) is 5.32 Å². The maximum Gasteiger partial charge on any atom is 0.221 e. The Labute approximate surface area is 141 Å². The highest BCUT2D eigenvalue weighted by Crippen LogP contribution is 2.12. The summed E-state index contributed by atoms with van der Waals surface area (Å²) in [6.45, 7) is 0.449. The third kappa shape index (κ3) is 5.69. The smallest absolute Gasteiger partial charge is 0.221 e. The Bertz CT molecular complexity index is 760. The molecule has 0 radical (unpaired) electrons. The molecule has 4 nitrogen and oxygen atoms in total. The predicted octanol–water partition coefficient (Wildman–Crippen LogP) is 2.86. The zero-order valence-electron chi connectivity index (χ0n) is 12.5. The first-order valence-electron chi connectivity index (χ1n) is 7.26. The number of nitrogens with one attached hydrogen (secondary N) is 1. The average Bonchev–Trinajstić information content (AvgIpc) is 2.54. The Hall–Kier alpha value is -1.85. The third-order valence-electron chi connectivity index (χ3n) is 3.33. The molecule has 0 spiro atoms. The fourth-order valence-electron chi connectivity index (χ4n) is 2.10. The van der Waals surface area contributed by atoms with Crippen LogP contribution < -0.4 is 5.32 Å². The van der Waals surface area contributed by atoms with E-state index in [0.29, 0.717) is 18.0 Å². The van der Waals surface area contributed by atoms with Crippen molar-refractivity contribution in [2.45, 2.75) is 17.7 Å². The van der Waals surface area contributed by atoms with Crippen LogP contribution >= 0.6 is 11.6 Å². The molecule has 0 fully saturated rings. The van der Waals surface area contributed by atoms with Crippen molar-refractivity contribution in [3.63, 3.8) is 0 Å². The van der Waals surface area contributed by atoms with Gasteiger partial charge in [-0.3, -0.25) is 4.79 Å². The van der Waals surface area contributed by atoms with Gasteiger partial charge >= 0.3 is 0 Å². The SMILES string of the molecule is O=C(CCS(=O)(=O)c1ccccc1)NCCc1cccc(Cl)c1. The minimum absolute atomic E-state index is 0.0488. The number of sulfone groups is 1. The Kier molecular flexibility index (Phi) is 6.19. The van der Waals surface area contributed by atoms with Gasteiger partial charge in [0.25, 0.3) is 0 Å². The lowest BCUT2D eigenvalue weighted by atomic mass is 10.1. The first-order chi connectivity index (χ1) is 11.0. The molecule has 122 valence electrons. The fraction of sp³-hybridized carbons (Fsp3) is 0.235. The lowest BCUT2D eigenvalue weighted by Crippen LogP contribution is -2.27. The molecule has 0 aliphatic heterocycles. The predicted molar refractivity (Wildman–Crippen MR) is 91.3 cm³/mol. The molecule has 0 aliphatic carbocycles. The number of benzene rings is 2. The van der Waals surface area contributed by atoms with E-state index in [-0.39, 0.29) is 23.0 Å². The van der Waals surface area contributed by atoms with E-state index in [4.69, 9.17) is 11.6 Å². The third-order valence-corrected chi connectivity index (χ3v) is 5.29. The summed E-state index contributed by atoms with van der Waals surface area (Å²) in [4.78, 5) is 12.0. The summed E-state index contributed by atoms with van der Waals surface area (Å²) in [6.07, 6.45) is 0.602. The van der Waals surface area contributed by atoms with Gasteiger partial charge in [-0.2, -0.15) is 0 Å². The number of carbonyl (C=O) groups excluding carboxylic acids is 1. The standard InChI is InChI=1S/C17H18ClNO3S/c18-15-6-4-5-14(13-15)9-11-19-17(20)10-12-23(21,22)16-7-2-1-3-8-16/h1-8,13H,9-12H2,(H,19,20). The lowest BCUT2D eigenvalue weighted by Gasteiger charge is -2.07. The maximum absolute atomic E-state index is 12.1. The molecule has 2 aromatic rings. The van der Waals surface area contributed by atoms with Crippen molar-refractivity contribution in [2.24, 2.45) is 0 Å². The number of carbonyl (C=O) groups is 1. The van der Waals surface area contributed by atoms with Crippen LogP contribution in [0.3, 0.4) is 0 Å². The summed E-state index contributed by atoms with van der Waals surface area (Å²) in [6, 6.07) is 15.6. The lowest BCUT2D eigenvalue weighted by molar-refractivity contribution is -0.120. The highest BCUT2D eigenvalue weighted by Gasteiger charge is 2.15. The van der Waals surface area contributed by atoms with E-state index in [1.807, 2.05) is 18.2 Å². The van der Waals surface area contributed by atoms with Gasteiger partial charge in [0.05, 0.1) is 10.6 Å². The van der Waals surface area contributed by atoms with E-state index >= 15 is 0 Å². The second-order valence-corrected chi connectivity index (χ2v) is 7.66. The summed E-state index contributed by atoms with van der Waals surface area (Å²) in [5, 5.41) is 3.38. The Morgan fingerprint density at radius 3 is 2.48 bits per heavy atom. The van der Waals surface area contributed by atoms with E-state index in [0.717, 1.165) is 5.56 Å². The fourth-order valence-corrected chi connectivity index (χ4v) is 3.57. The van der Waals surface area contributed by atoms with E-state index < -0.39 is 9.84 Å². The van der Waals surface area contributed by atoms with Gasteiger partial charge < -0.3 is 5.32 Å². The summed E-state index contributed by atoms with van der Waals surface area (Å²) in [5.41, 5.74) is 1.02. The minimum atomic E-state index is -3.42. The highest BCUT2D eigenvalue weighted by atomic mass is 35.5. The van der Waals surface area contributed by atoms with Crippen LogP contribution in [0, 0.1) is 0 Å². The largest absolute Gasteiger partial charge is 0.356 e. The quantitative estimate of drug-likeness (QED) is 0.834. The molecule has 0 saturated carbocycles. The average molecular weight is 352 g/mol. The molecule has 0 heterocycles. The molecule has 0 aliphatic rings. The van der Waals surface area contributed by atoms with Crippen LogP contribution in [0.4, 0.5) is 0 Å².